The monoisotopic (exact) mass is 349 g/mol. The third kappa shape index (κ3) is 3.58. The van der Waals surface area contributed by atoms with E-state index in [9.17, 15) is 9.90 Å². The Hall–Kier alpha value is -1.47. The van der Waals surface area contributed by atoms with E-state index in [1.165, 1.54) is 0 Å². The van der Waals surface area contributed by atoms with Crippen LogP contribution in [0.2, 0.25) is 0 Å². The fourth-order valence-electron chi connectivity index (χ4n) is 3.88. The Labute approximate surface area is 148 Å². The third-order valence-corrected chi connectivity index (χ3v) is 5.02. The standard InChI is InChI=1S/C19H27NO5/c1-3-23-19(24-4-2)17-14-10-16(15(11-21)20(14)18(17)22)25-12-13-8-6-5-7-9-13/h5-9,14-17,19,21H,3-4,10-12H2,1-2H3/t14-,15+,16+,17+/m1/s1. The fraction of sp³-hybridized carbons (Fsp3) is 0.632. The maximum absolute atomic E-state index is 12.6. The molecule has 0 saturated carbocycles. The van der Waals surface area contributed by atoms with Crippen LogP contribution >= 0.6 is 0 Å². The fourth-order valence-corrected chi connectivity index (χ4v) is 3.88. The molecule has 0 radical (unpaired) electrons. The van der Waals surface area contributed by atoms with E-state index in [-0.39, 0.29) is 36.6 Å². The van der Waals surface area contributed by atoms with Crippen LogP contribution < -0.4 is 0 Å². The van der Waals surface area contributed by atoms with Crippen molar-refractivity contribution in [2.45, 2.75) is 51.4 Å². The van der Waals surface area contributed by atoms with E-state index < -0.39 is 6.29 Å². The number of hydrogen-bond acceptors (Lipinski definition) is 5. The van der Waals surface area contributed by atoms with E-state index in [0.29, 0.717) is 26.2 Å². The molecule has 1 amide bonds. The zero-order chi connectivity index (χ0) is 17.8. The molecule has 1 N–H and O–H groups in total. The summed E-state index contributed by atoms with van der Waals surface area (Å²) in [6.45, 7) is 5.16. The molecule has 25 heavy (non-hydrogen) atoms. The zero-order valence-corrected chi connectivity index (χ0v) is 14.8. The number of aliphatic hydroxyl groups is 1. The number of rotatable bonds is 9. The van der Waals surface area contributed by atoms with Crippen LogP contribution in [0.3, 0.4) is 0 Å². The van der Waals surface area contributed by atoms with Crippen LogP contribution in [0.5, 0.6) is 0 Å². The number of amides is 1. The highest BCUT2D eigenvalue weighted by Crippen LogP contribution is 2.43. The molecule has 4 atom stereocenters. The van der Waals surface area contributed by atoms with Crippen molar-refractivity contribution in [3.8, 4) is 0 Å². The Kier molecular flexibility index (Phi) is 6.06. The average Bonchev–Trinajstić information content (AvgIpc) is 2.95. The molecule has 0 unspecified atom stereocenters. The van der Waals surface area contributed by atoms with Crippen LogP contribution in [0.25, 0.3) is 0 Å². The van der Waals surface area contributed by atoms with Crippen molar-refractivity contribution < 1.29 is 24.1 Å². The summed E-state index contributed by atoms with van der Waals surface area (Å²) < 4.78 is 17.3. The first-order valence-electron chi connectivity index (χ1n) is 9.03. The van der Waals surface area contributed by atoms with Crippen LogP contribution in [0.4, 0.5) is 0 Å². The van der Waals surface area contributed by atoms with Gasteiger partial charge in [0.05, 0.1) is 31.4 Å². The summed E-state index contributed by atoms with van der Waals surface area (Å²) in [5.74, 6) is -0.318. The van der Waals surface area contributed by atoms with Gasteiger partial charge in [-0.05, 0) is 25.8 Å². The molecule has 0 spiro atoms. The number of benzene rings is 1. The maximum Gasteiger partial charge on any atom is 0.233 e. The SMILES string of the molecule is CCOC(OCC)[C@@H]1C(=O)N2[C@@H]1C[C@H](OCc1ccccc1)[C@@H]2CO. The topological polar surface area (TPSA) is 68.2 Å². The van der Waals surface area contributed by atoms with Gasteiger partial charge >= 0.3 is 0 Å². The second-order valence-corrected chi connectivity index (χ2v) is 6.44. The molecule has 1 aromatic carbocycles. The maximum atomic E-state index is 12.6. The van der Waals surface area contributed by atoms with Gasteiger partial charge in [-0.2, -0.15) is 0 Å². The molecular weight excluding hydrogens is 322 g/mol. The number of fused-ring (bicyclic) bond motifs is 1. The first-order chi connectivity index (χ1) is 12.2. The van der Waals surface area contributed by atoms with Gasteiger partial charge in [-0.25, -0.2) is 0 Å². The van der Waals surface area contributed by atoms with Crippen molar-refractivity contribution in [1.82, 2.24) is 4.90 Å². The lowest BCUT2D eigenvalue weighted by Crippen LogP contribution is -2.65. The summed E-state index contributed by atoms with van der Waals surface area (Å²) in [7, 11) is 0. The summed E-state index contributed by atoms with van der Waals surface area (Å²) in [6, 6.07) is 9.64. The van der Waals surface area contributed by atoms with Crippen molar-refractivity contribution in [3.05, 3.63) is 35.9 Å². The first-order valence-corrected chi connectivity index (χ1v) is 9.03. The van der Waals surface area contributed by atoms with Gasteiger partial charge in [-0.3, -0.25) is 4.79 Å². The summed E-state index contributed by atoms with van der Waals surface area (Å²) in [5, 5.41) is 9.77. The van der Waals surface area contributed by atoms with E-state index in [1.54, 1.807) is 4.90 Å². The van der Waals surface area contributed by atoms with E-state index in [0.717, 1.165) is 5.56 Å². The van der Waals surface area contributed by atoms with Crippen LogP contribution in [-0.4, -0.2) is 60.2 Å². The molecule has 6 nitrogen and oxygen atoms in total. The lowest BCUT2D eigenvalue weighted by Gasteiger charge is -2.47. The molecule has 0 bridgehead atoms. The van der Waals surface area contributed by atoms with Gasteiger partial charge < -0.3 is 24.2 Å². The molecule has 2 saturated heterocycles. The Bertz CT molecular complexity index is 560. The minimum absolute atomic E-state index is 0.00789. The molecule has 0 aliphatic carbocycles. The zero-order valence-electron chi connectivity index (χ0n) is 14.8. The van der Waals surface area contributed by atoms with E-state index in [1.807, 2.05) is 44.2 Å². The molecule has 2 fully saturated rings. The van der Waals surface area contributed by atoms with Crippen LogP contribution in [0.1, 0.15) is 25.8 Å². The summed E-state index contributed by atoms with van der Waals surface area (Å²) in [5.41, 5.74) is 1.08. The Morgan fingerprint density at radius 1 is 1.20 bits per heavy atom. The van der Waals surface area contributed by atoms with E-state index >= 15 is 0 Å². The average molecular weight is 349 g/mol. The van der Waals surface area contributed by atoms with Gasteiger partial charge in [0, 0.05) is 13.2 Å². The molecule has 2 heterocycles. The second kappa shape index (κ2) is 8.27. The molecule has 0 aromatic heterocycles. The molecule has 2 aliphatic rings. The predicted molar refractivity (Wildman–Crippen MR) is 91.7 cm³/mol. The van der Waals surface area contributed by atoms with Crippen LogP contribution in [0.15, 0.2) is 30.3 Å². The first kappa shape index (κ1) is 18.3. The minimum atomic E-state index is -0.518. The van der Waals surface area contributed by atoms with E-state index in [2.05, 4.69) is 0 Å². The number of hydrogen-bond donors (Lipinski definition) is 1. The summed E-state index contributed by atoms with van der Waals surface area (Å²) >= 11 is 0. The highest BCUT2D eigenvalue weighted by Gasteiger charge is 2.60. The molecule has 6 heteroatoms. The Balaban J connectivity index is 1.65. The molecule has 2 aliphatic heterocycles. The van der Waals surface area contributed by atoms with Gasteiger partial charge in [0.25, 0.3) is 0 Å². The third-order valence-electron chi connectivity index (χ3n) is 5.02. The Morgan fingerprint density at radius 3 is 2.48 bits per heavy atom. The van der Waals surface area contributed by atoms with Crippen molar-refractivity contribution in [1.29, 1.82) is 0 Å². The molecule has 1 aromatic rings. The molecule has 3 rings (SSSR count). The summed E-state index contributed by atoms with van der Waals surface area (Å²) in [4.78, 5) is 14.4. The van der Waals surface area contributed by atoms with Crippen LogP contribution in [-0.2, 0) is 25.6 Å². The second-order valence-electron chi connectivity index (χ2n) is 6.44. The van der Waals surface area contributed by atoms with Crippen molar-refractivity contribution in [3.63, 3.8) is 0 Å². The number of carbonyl (C=O) groups is 1. The lowest BCUT2D eigenvalue weighted by atomic mass is 9.87. The van der Waals surface area contributed by atoms with Crippen molar-refractivity contribution in [2.24, 2.45) is 5.92 Å². The van der Waals surface area contributed by atoms with E-state index in [4.69, 9.17) is 14.2 Å². The van der Waals surface area contributed by atoms with Gasteiger partial charge in [0.15, 0.2) is 6.29 Å². The Morgan fingerprint density at radius 2 is 1.88 bits per heavy atom. The number of ether oxygens (including phenoxy) is 3. The van der Waals surface area contributed by atoms with Gasteiger partial charge in [-0.15, -0.1) is 0 Å². The van der Waals surface area contributed by atoms with Crippen molar-refractivity contribution in [2.75, 3.05) is 19.8 Å². The normalized spacial score (nSPS) is 28.3. The number of aliphatic hydroxyl groups excluding tert-OH is 1. The number of nitrogens with zero attached hydrogens (tertiary/aromatic N) is 1. The largest absolute Gasteiger partial charge is 0.394 e. The lowest BCUT2D eigenvalue weighted by molar-refractivity contribution is -0.213. The highest BCUT2D eigenvalue weighted by atomic mass is 16.7. The highest BCUT2D eigenvalue weighted by molar-refractivity contribution is 5.87. The number of β-lactam (4-membered cyclic amide) rings is 1. The summed E-state index contributed by atoms with van der Waals surface area (Å²) in [6.07, 6.45) is 0.00880. The molecular formula is C19H27NO5. The number of carbonyl (C=O) groups excluding carboxylic acids is 1. The minimum Gasteiger partial charge on any atom is -0.394 e. The van der Waals surface area contributed by atoms with Crippen molar-refractivity contribution >= 4 is 5.91 Å². The van der Waals surface area contributed by atoms with Gasteiger partial charge in [-0.1, -0.05) is 30.3 Å². The quantitative estimate of drug-likeness (QED) is 0.541. The van der Waals surface area contributed by atoms with Gasteiger partial charge in [0.2, 0.25) is 5.91 Å². The smallest absolute Gasteiger partial charge is 0.233 e. The predicted octanol–water partition coefficient (Wildman–Crippen LogP) is 1.56. The molecule has 138 valence electrons. The van der Waals surface area contributed by atoms with Gasteiger partial charge in [0.1, 0.15) is 5.92 Å². The van der Waals surface area contributed by atoms with Crippen LogP contribution in [0, 0.1) is 5.92 Å².